The summed E-state index contributed by atoms with van der Waals surface area (Å²) in [5.41, 5.74) is 2.14. The molecular formula is C19H24N4O2. The molecule has 6 nitrogen and oxygen atoms in total. The van der Waals surface area contributed by atoms with Gasteiger partial charge in [0.05, 0.1) is 11.9 Å². The van der Waals surface area contributed by atoms with Gasteiger partial charge in [0.1, 0.15) is 0 Å². The second-order valence-electron chi connectivity index (χ2n) is 5.93. The molecule has 0 atom stereocenters. The molecule has 132 valence electrons. The highest BCUT2D eigenvalue weighted by atomic mass is 16.2. The van der Waals surface area contributed by atoms with Gasteiger partial charge in [0, 0.05) is 30.9 Å². The Labute approximate surface area is 148 Å². The van der Waals surface area contributed by atoms with Crippen molar-refractivity contribution >= 4 is 17.6 Å². The lowest BCUT2D eigenvalue weighted by Gasteiger charge is -2.25. The Morgan fingerprint density at radius 3 is 2.44 bits per heavy atom. The Bertz CT molecular complexity index is 699. The van der Waals surface area contributed by atoms with Crippen LogP contribution in [-0.4, -0.2) is 34.4 Å². The Morgan fingerprint density at radius 1 is 1.16 bits per heavy atom. The number of carbonyl (C=O) groups excluding carboxylic acids is 2. The molecule has 0 spiro atoms. The quantitative estimate of drug-likeness (QED) is 0.847. The van der Waals surface area contributed by atoms with Crippen molar-refractivity contribution in [1.82, 2.24) is 15.2 Å². The zero-order chi connectivity index (χ0) is 18.2. The summed E-state index contributed by atoms with van der Waals surface area (Å²) in [6.45, 7) is 7.01. The summed E-state index contributed by atoms with van der Waals surface area (Å²) in [6, 6.07) is 10.8. The van der Waals surface area contributed by atoms with Gasteiger partial charge in [0.25, 0.3) is 5.91 Å². The first-order valence-electron chi connectivity index (χ1n) is 8.36. The Kier molecular flexibility index (Phi) is 6.51. The van der Waals surface area contributed by atoms with E-state index in [9.17, 15) is 9.59 Å². The number of pyridine rings is 1. The number of carbonyl (C=O) groups is 2. The summed E-state index contributed by atoms with van der Waals surface area (Å²) < 4.78 is 0. The fourth-order valence-electron chi connectivity index (χ4n) is 2.44. The second kappa shape index (κ2) is 8.82. The summed E-state index contributed by atoms with van der Waals surface area (Å²) in [4.78, 5) is 30.0. The largest absolute Gasteiger partial charge is 0.334 e. The van der Waals surface area contributed by atoms with Gasteiger partial charge in [-0.15, -0.1) is 0 Å². The number of aromatic nitrogens is 1. The van der Waals surface area contributed by atoms with Crippen LogP contribution in [0.4, 0.5) is 10.5 Å². The van der Waals surface area contributed by atoms with Crippen LogP contribution < -0.4 is 10.6 Å². The van der Waals surface area contributed by atoms with E-state index in [1.807, 2.05) is 32.9 Å². The number of amides is 3. The maximum absolute atomic E-state index is 12.2. The van der Waals surface area contributed by atoms with Crippen LogP contribution in [0.2, 0.25) is 0 Å². The van der Waals surface area contributed by atoms with E-state index < -0.39 is 0 Å². The number of nitrogens with zero attached hydrogens (tertiary/aromatic N) is 2. The van der Waals surface area contributed by atoms with E-state index in [0.717, 1.165) is 5.56 Å². The van der Waals surface area contributed by atoms with Gasteiger partial charge in [0.15, 0.2) is 0 Å². The van der Waals surface area contributed by atoms with Gasteiger partial charge in [-0.05, 0) is 50.6 Å². The minimum atomic E-state index is -0.194. The summed E-state index contributed by atoms with van der Waals surface area (Å²) in [6.07, 6.45) is 3.24. The molecule has 1 aromatic carbocycles. The third-order valence-electron chi connectivity index (χ3n) is 3.80. The minimum absolute atomic E-state index is 0.0871. The van der Waals surface area contributed by atoms with E-state index in [4.69, 9.17) is 0 Å². The van der Waals surface area contributed by atoms with Crippen molar-refractivity contribution in [3.63, 3.8) is 0 Å². The van der Waals surface area contributed by atoms with E-state index >= 15 is 0 Å². The predicted molar refractivity (Wildman–Crippen MR) is 98.4 cm³/mol. The average molecular weight is 340 g/mol. The molecule has 2 aromatic rings. The van der Waals surface area contributed by atoms with Crippen molar-refractivity contribution in [1.29, 1.82) is 0 Å². The van der Waals surface area contributed by atoms with Gasteiger partial charge in [-0.1, -0.05) is 12.1 Å². The number of nitrogens with one attached hydrogen (secondary N) is 2. The normalized spacial score (nSPS) is 10.4. The molecule has 0 aliphatic heterocycles. The van der Waals surface area contributed by atoms with E-state index in [1.165, 1.54) is 0 Å². The van der Waals surface area contributed by atoms with Crippen molar-refractivity contribution in [3.05, 3.63) is 59.9 Å². The number of rotatable bonds is 6. The first-order valence-corrected chi connectivity index (χ1v) is 8.36. The van der Waals surface area contributed by atoms with Crippen LogP contribution in [0, 0.1) is 0 Å². The highest BCUT2D eigenvalue weighted by Crippen LogP contribution is 2.09. The van der Waals surface area contributed by atoms with Crippen LogP contribution in [0.5, 0.6) is 0 Å². The highest BCUT2D eigenvalue weighted by Gasteiger charge is 2.14. The molecule has 6 heteroatoms. The van der Waals surface area contributed by atoms with E-state index in [0.29, 0.717) is 24.3 Å². The maximum atomic E-state index is 12.2. The van der Waals surface area contributed by atoms with E-state index in [2.05, 4.69) is 15.6 Å². The van der Waals surface area contributed by atoms with E-state index in [1.54, 1.807) is 41.6 Å². The van der Waals surface area contributed by atoms with Crippen LogP contribution in [0.15, 0.2) is 48.8 Å². The smallest absolute Gasteiger partial charge is 0.317 e. The second-order valence-corrected chi connectivity index (χ2v) is 5.93. The van der Waals surface area contributed by atoms with Crippen LogP contribution >= 0.6 is 0 Å². The number of hydrogen-bond donors (Lipinski definition) is 2. The van der Waals surface area contributed by atoms with E-state index in [-0.39, 0.29) is 18.0 Å². The van der Waals surface area contributed by atoms with Gasteiger partial charge in [-0.3, -0.25) is 9.78 Å². The Balaban J connectivity index is 1.91. The lowest BCUT2D eigenvalue weighted by Crippen LogP contribution is -2.43. The number of benzene rings is 1. The molecule has 0 radical (unpaired) electrons. The third-order valence-corrected chi connectivity index (χ3v) is 3.80. The predicted octanol–water partition coefficient (Wildman–Crippen LogP) is 3.27. The standard InChI is InChI=1S/C19H24N4O2/c1-4-23(14(2)3)19(25)21-12-15-7-9-16(10-8-15)18(24)22-17-6-5-11-20-13-17/h5-11,13-14H,4,12H2,1-3H3,(H,21,25)(H,22,24). The van der Waals surface area contributed by atoms with Gasteiger partial charge in [-0.25, -0.2) is 4.79 Å². The first-order chi connectivity index (χ1) is 12.0. The summed E-state index contributed by atoms with van der Waals surface area (Å²) in [5.74, 6) is -0.194. The minimum Gasteiger partial charge on any atom is -0.334 e. The average Bonchev–Trinajstić information content (AvgIpc) is 2.61. The van der Waals surface area contributed by atoms with Crippen molar-refractivity contribution < 1.29 is 9.59 Å². The molecule has 2 N–H and O–H groups in total. The zero-order valence-corrected chi connectivity index (χ0v) is 14.8. The lowest BCUT2D eigenvalue weighted by atomic mass is 10.1. The SMILES string of the molecule is CCN(C(=O)NCc1ccc(C(=O)Nc2cccnc2)cc1)C(C)C. The summed E-state index contributed by atoms with van der Waals surface area (Å²) >= 11 is 0. The lowest BCUT2D eigenvalue weighted by molar-refractivity contribution is 0.102. The molecular weight excluding hydrogens is 316 g/mol. The molecule has 0 fully saturated rings. The molecule has 0 saturated heterocycles. The topological polar surface area (TPSA) is 74.3 Å². The molecule has 0 aliphatic carbocycles. The van der Waals surface area contributed by atoms with Crippen molar-refractivity contribution in [2.75, 3.05) is 11.9 Å². The fraction of sp³-hybridized carbons (Fsp3) is 0.316. The molecule has 25 heavy (non-hydrogen) atoms. The van der Waals surface area contributed by atoms with Crippen molar-refractivity contribution in [2.24, 2.45) is 0 Å². The first kappa shape index (κ1) is 18.4. The molecule has 2 rings (SSSR count). The zero-order valence-electron chi connectivity index (χ0n) is 14.8. The Hall–Kier alpha value is -2.89. The van der Waals surface area contributed by atoms with Crippen LogP contribution in [-0.2, 0) is 6.54 Å². The Morgan fingerprint density at radius 2 is 1.88 bits per heavy atom. The third kappa shape index (κ3) is 5.31. The van der Waals surface area contributed by atoms with Crippen molar-refractivity contribution in [2.45, 2.75) is 33.4 Å². The van der Waals surface area contributed by atoms with Gasteiger partial charge in [0.2, 0.25) is 0 Å². The molecule has 0 unspecified atom stereocenters. The van der Waals surface area contributed by atoms with Crippen LogP contribution in [0.3, 0.4) is 0 Å². The summed E-state index contributed by atoms with van der Waals surface area (Å²) in [7, 11) is 0. The number of hydrogen-bond acceptors (Lipinski definition) is 3. The van der Waals surface area contributed by atoms with Crippen LogP contribution in [0.25, 0.3) is 0 Å². The number of urea groups is 1. The molecule has 0 saturated carbocycles. The van der Waals surface area contributed by atoms with Crippen molar-refractivity contribution in [3.8, 4) is 0 Å². The van der Waals surface area contributed by atoms with Crippen LogP contribution in [0.1, 0.15) is 36.7 Å². The maximum Gasteiger partial charge on any atom is 0.317 e. The highest BCUT2D eigenvalue weighted by molar-refractivity contribution is 6.04. The van der Waals surface area contributed by atoms with Gasteiger partial charge < -0.3 is 15.5 Å². The van der Waals surface area contributed by atoms with Gasteiger partial charge >= 0.3 is 6.03 Å². The molecule has 0 aliphatic rings. The molecule has 1 aromatic heterocycles. The number of anilines is 1. The fourth-order valence-corrected chi connectivity index (χ4v) is 2.44. The monoisotopic (exact) mass is 340 g/mol. The molecule has 0 bridgehead atoms. The van der Waals surface area contributed by atoms with Gasteiger partial charge in [-0.2, -0.15) is 0 Å². The molecule has 1 heterocycles. The summed E-state index contributed by atoms with van der Waals surface area (Å²) in [5, 5.41) is 5.68. The molecule has 3 amide bonds.